The molecule has 1 heterocycles. The molecular formula is C13H25N3O2. The normalized spacial score (nSPS) is 21.0. The Bertz CT molecular complexity index is 309. The summed E-state index contributed by atoms with van der Waals surface area (Å²) >= 11 is 0. The lowest BCUT2D eigenvalue weighted by Gasteiger charge is -2.31. The van der Waals surface area contributed by atoms with Crippen LogP contribution in [0.25, 0.3) is 0 Å². The highest BCUT2D eigenvalue weighted by atomic mass is 16.2. The molecule has 0 aromatic rings. The predicted molar refractivity (Wildman–Crippen MR) is 70.9 cm³/mol. The van der Waals surface area contributed by atoms with Crippen LogP contribution in [-0.4, -0.2) is 41.4 Å². The topological polar surface area (TPSA) is 75.4 Å². The molecule has 0 aliphatic carbocycles. The Morgan fingerprint density at radius 2 is 1.89 bits per heavy atom. The van der Waals surface area contributed by atoms with Gasteiger partial charge in [-0.25, -0.2) is 0 Å². The van der Waals surface area contributed by atoms with E-state index in [4.69, 9.17) is 5.73 Å². The molecule has 1 fully saturated rings. The molecule has 3 N–H and O–H groups in total. The van der Waals surface area contributed by atoms with Crippen LogP contribution in [0.2, 0.25) is 0 Å². The van der Waals surface area contributed by atoms with Gasteiger partial charge in [-0.05, 0) is 39.5 Å². The molecule has 0 radical (unpaired) electrons. The second-order valence-corrected chi connectivity index (χ2v) is 5.35. The number of rotatable bonds is 4. The Labute approximate surface area is 109 Å². The van der Waals surface area contributed by atoms with Gasteiger partial charge in [0.25, 0.3) is 0 Å². The molecule has 18 heavy (non-hydrogen) atoms. The third-order valence-electron chi connectivity index (χ3n) is 3.64. The second kappa shape index (κ2) is 6.18. The molecule has 2 unspecified atom stereocenters. The van der Waals surface area contributed by atoms with Crippen LogP contribution in [0.4, 0.5) is 0 Å². The second-order valence-electron chi connectivity index (χ2n) is 5.35. The number of carbonyl (C=O) groups is 2. The van der Waals surface area contributed by atoms with E-state index in [-0.39, 0.29) is 11.8 Å². The predicted octanol–water partition coefficient (Wildman–Crippen LogP) is 0.631. The molecule has 2 atom stereocenters. The van der Waals surface area contributed by atoms with E-state index in [0.29, 0.717) is 6.42 Å². The molecule has 0 bridgehead atoms. The Balaban J connectivity index is 2.51. The van der Waals surface area contributed by atoms with Crippen molar-refractivity contribution in [3.05, 3.63) is 0 Å². The minimum atomic E-state index is -0.906. The minimum Gasteiger partial charge on any atom is -0.343 e. The van der Waals surface area contributed by atoms with E-state index < -0.39 is 11.6 Å². The average Bonchev–Trinajstić information content (AvgIpc) is 2.38. The summed E-state index contributed by atoms with van der Waals surface area (Å²) < 4.78 is 0. The standard InChI is InChI=1S/C13H25N3O2/c1-4-13(3,14)12(18)15-10(2)11(17)16-8-6-5-7-9-16/h10H,4-9,14H2,1-3H3,(H,15,18). The minimum absolute atomic E-state index is 0.00467. The van der Waals surface area contributed by atoms with Crippen molar-refractivity contribution in [2.75, 3.05) is 13.1 Å². The van der Waals surface area contributed by atoms with Gasteiger partial charge >= 0.3 is 0 Å². The number of carbonyl (C=O) groups excluding carboxylic acids is 2. The van der Waals surface area contributed by atoms with Crippen LogP contribution in [0.15, 0.2) is 0 Å². The van der Waals surface area contributed by atoms with E-state index in [2.05, 4.69) is 5.32 Å². The summed E-state index contributed by atoms with van der Waals surface area (Å²) in [6.07, 6.45) is 3.83. The molecule has 1 aliphatic heterocycles. The van der Waals surface area contributed by atoms with Crippen molar-refractivity contribution < 1.29 is 9.59 Å². The zero-order valence-corrected chi connectivity index (χ0v) is 11.7. The maximum absolute atomic E-state index is 12.1. The lowest BCUT2D eigenvalue weighted by Crippen LogP contribution is -2.57. The first-order valence-electron chi connectivity index (χ1n) is 6.77. The fraction of sp³-hybridized carbons (Fsp3) is 0.846. The Morgan fingerprint density at radius 3 is 2.39 bits per heavy atom. The lowest BCUT2D eigenvalue weighted by molar-refractivity contribution is -0.137. The van der Waals surface area contributed by atoms with E-state index in [1.54, 1.807) is 13.8 Å². The van der Waals surface area contributed by atoms with Crippen molar-refractivity contribution in [1.82, 2.24) is 10.2 Å². The summed E-state index contributed by atoms with van der Waals surface area (Å²) in [5.41, 5.74) is 4.94. The first kappa shape index (κ1) is 15.0. The van der Waals surface area contributed by atoms with Gasteiger partial charge in [0.05, 0.1) is 5.54 Å². The average molecular weight is 255 g/mol. The third kappa shape index (κ3) is 3.70. The number of likely N-dealkylation sites (tertiary alicyclic amines) is 1. The third-order valence-corrected chi connectivity index (χ3v) is 3.64. The van der Waals surface area contributed by atoms with Crippen LogP contribution in [0.5, 0.6) is 0 Å². The van der Waals surface area contributed by atoms with E-state index >= 15 is 0 Å². The highest BCUT2D eigenvalue weighted by Crippen LogP contribution is 2.11. The zero-order chi connectivity index (χ0) is 13.8. The van der Waals surface area contributed by atoms with Gasteiger partial charge in [0.2, 0.25) is 11.8 Å². The van der Waals surface area contributed by atoms with Crippen LogP contribution in [0, 0.1) is 0 Å². The fourth-order valence-electron chi connectivity index (χ4n) is 1.97. The van der Waals surface area contributed by atoms with Gasteiger partial charge in [-0.1, -0.05) is 6.92 Å². The molecule has 5 nitrogen and oxygen atoms in total. The first-order valence-corrected chi connectivity index (χ1v) is 6.77. The summed E-state index contributed by atoms with van der Waals surface area (Å²) in [6, 6.07) is -0.495. The molecule has 0 saturated carbocycles. The first-order chi connectivity index (χ1) is 8.38. The molecule has 0 aromatic heterocycles. The molecule has 5 heteroatoms. The van der Waals surface area contributed by atoms with Crippen LogP contribution >= 0.6 is 0 Å². The van der Waals surface area contributed by atoms with Crippen molar-refractivity contribution in [2.24, 2.45) is 5.73 Å². The summed E-state index contributed by atoms with van der Waals surface area (Å²) in [7, 11) is 0. The molecule has 0 spiro atoms. The largest absolute Gasteiger partial charge is 0.343 e. The van der Waals surface area contributed by atoms with Crippen LogP contribution < -0.4 is 11.1 Å². The van der Waals surface area contributed by atoms with Gasteiger partial charge < -0.3 is 16.0 Å². The smallest absolute Gasteiger partial charge is 0.244 e. The highest BCUT2D eigenvalue weighted by molar-refractivity contribution is 5.91. The van der Waals surface area contributed by atoms with E-state index in [1.165, 1.54) is 6.42 Å². The van der Waals surface area contributed by atoms with E-state index in [0.717, 1.165) is 25.9 Å². The Kier molecular flexibility index (Phi) is 5.14. The fourth-order valence-corrected chi connectivity index (χ4v) is 1.97. The number of hydrogen-bond acceptors (Lipinski definition) is 3. The maximum Gasteiger partial charge on any atom is 0.244 e. The van der Waals surface area contributed by atoms with Crippen molar-refractivity contribution >= 4 is 11.8 Å². The lowest BCUT2D eigenvalue weighted by atomic mass is 9.99. The van der Waals surface area contributed by atoms with Gasteiger partial charge in [-0.3, -0.25) is 9.59 Å². The number of piperidine rings is 1. The van der Waals surface area contributed by atoms with Gasteiger partial charge in [0, 0.05) is 13.1 Å². The van der Waals surface area contributed by atoms with Crippen LogP contribution in [0.1, 0.15) is 46.5 Å². The zero-order valence-electron chi connectivity index (χ0n) is 11.7. The van der Waals surface area contributed by atoms with Crippen molar-refractivity contribution in [1.29, 1.82) is 0 Å². The van der Waals surface area contributed by atoms with Gasteiger partial charge in [0.1, 0.15) is 6.04 Å². The van der Waals surface area contributed by atoms with Crippen molar-refractivity contribution in [3.8, 4) is 0 Å². The molecular weight excluding hydrogens is 230 g/mol. The summed E-state index contributed by atoms with van der Waals surface area (Å²) in [5, 5.41) is 2.71. The molecule has 0 aromatic carbocycles. The quantitative estimate of drug-likeness (QED) is 0.773. The summed E-state index contributed by atoms with van der Waals surface area (Å²) in [5.74, 6) is -0.266. The maximum atomic E-state index is 12.1. The number of amides is 2. The SMILES string of the molecule is CCC(C)(N)C(=O)NC(C)C(=O)N1CCCCC1. The molecule has 1 aliphatic rings. The van der Waals surface area contributed by atoms with Crippen LogP contribution in [0.3, 0.4) is 0 Å². The van der Waals surface area contributed by atoms with Gasteiger partial charge in [-0.2, -0.15) is 0 Å². The monoisotopic (exact) mass is 255 g/mol. The van der Waals surface area contributed by atoms with E-state index in [1.807, 2.05) is 11.8 Å². The number of nitrogens with zero attached hydrogens (tertiary/aromatic N) is 1. The summed E-state index contributed by atoms with van der Waals surface area (Å²) in [6.45, 7) is 6.86. The van der Waals surface area contributed by atoms with Crippen molar-refractivity contribution in [3.63, 3.8) is 0 Å². The Morgan fingerprint density at radius 1 is 1.33 bits per heavy atom. The van der Waals surface area contributed by atoms with Crippen LogP contribution in [-0.2, 0) is 9.59 Å². The Hall–Kier alpha value is -1.10. The molecule has 104 valence electrons. The molecule has 1 saturated heterocycles. The number of hydrogen-bond donors (Lipinski definition) is 2. The van der Waals surface area contributed by atoms with Gasteiger partial charge in [0.15, 0.2) is 0 Å². The van der Waals surface area contributed by atoms with Crippen molar-refractivity contribution in [2.45, 2.75) is 58.0 Å². The number of nitrogens with one attached hydrogen (secondary N) is 1. The molecule has 1 rings (SSSR count). The number of nitrogens with two attached hydrogens (primary N) is 1. The highest BCUT2D eigenvalue weighted by Gasteiger charge is 2.30. The van der Waals surface area contributed by atoms with E-state index in [9.17, 15) is 9.59 Å². The van der Waals surface area contributed by atoms with Gasteiger partial charge in [-0.15, -0.1) is 0 Å². The summed E-state index contributed by atoms with van der Waals surface area (Å²) in [4.78, 5) is 25.8. The molecule has 2 amide bonds.